The highest BCUT2D eigenvalue weighted by Gasteiger charge is 2.29. The molecular weight excluding hydrogens is 591 g/mol. The Morgan fingerprint density at radius 2 is 1.67 bits per heavy atom. The van der Waals surface area contributed by atoms with Crippen molar-refractivity contribution < 1.29 is 38.3 Å². The molecule has 4 N–H and O–H groups in total. The van der Waals surface area contributed by atoms with Gasteiger partial charge in [-0.05, 0) is 49.6 Å². The van der Waals surface area contributed by atoms with E-state index in [4.69, 9.17) is 14.9 Å². The van der Waals surface area contributed by atoms with Gasteiger partial charge in [0.2, 0.25) is 5.84 Å². The monoisotopic (exact) mass is 621 g/mol. The number of rotatable bonds is 9. The number of benzene rings is 3. The zero-order chi connectivity index (χ0) is 32.7. The number of carbonyl (C=O) groups is 2. The number of nitrogens with one attached hydrogen (secondary N) is 1. The Morgan fingerprint density at radius 3 is 2.27 bits per heavy atom. The van der Waals surface area contributed by atoms with E-state index in [1.165, 1.54) is 4.57 Å². The molecule has 0 radical (unpaired) electrons. The standard InChI is InChI=1S/C30H29N5O3.C2HF3O2/c1-19-7-11-22(12-8-19)26(17-27(36)37)35-18-20(2)28(34-30(35)38)31-16-15-21-9-13-23(14-10-21)29-32-24-5-3-4-6-25(24)33-29;3-2(4,5)1(6)7/h3-14,18,26H,15-17H2,1-2H3,(H,32,33)(H,36,37)(H,31,34,38);(H,6,7). The second-order valence-electron chi connectivity index (χ2n) is 10.3. The summed E-state index contributed by atoms with van der Waals surface area (Å²) >= 11 is 0. The van der Waals surface area contributed by atoms with Crippen molar-refractivity contribution in [2.24, 2.45) is 4.99 Å². The molecule has 0 amide bonds. The summed E-state index contributed by atoms with van der Waals surface area (Å²) in [5.41, 5.74) is 6.47. The van der Waals surface area contributed by atoms with E-state index >= 15 is 0 Å². The highest BCUT2D eigenvalue weighted by molar-refractivity contribution is 5.97. The largest absolute Gasteiger partial charge is 0.542 e. The fraction of sp³-hybridized carbons (Fsp3) is 0.219. The molecule has 45 heavy (non-hydrogen) atoms. The molecule has 234 valence electrons. The van der Waals surface area contributed by atoms with Gasteiger partial charge in [-0.1, -0.05) is 54.1 Å². The number of aliphatic carboxylic acids is 2. The molecule has 1 aromatic heterocycles. The quantitative estimate of drug-likeness (QED) is 0.243. The van der Waals surface area contributed by atoms with Crippen molar-refractivity contribution in [1.82, 2.24) is 9.55 Å². The minimum atomic E-state index is -5.19. The molecule has 2 heterocycles. The number of alkyl halides is 3. The first kappa shape index (κ1) is 32.6. The Morgan fingerprint density at radius 1 is 1.02 bits per heavy atom. The van der Waals surface area contributed by atoms with Gasteiger partial charge < -0.3 is 20.3 Å². The van der Waals surface area contributed by atoms with Gasteiger partial charge in [-0.3, -0.25) is 14.7 Å². The molecule has 1 aliphatic rings. The van der Waals surface area contributed by atoms with Crippen molar-refractivity contribution in [2.75, 3.05) is 11.9 Å². The molecule has 3 aromatic carbocycles. The van der Waals surface area contributed by atoms with Crippen LogP contribution in [0.25, 0.3) is 0 Å². The Hall–Kier alpha value is -5.30. The Kier molecular flexibility index (Phi) is 10.1. The number of quaternary nitrogens is 1. The van der Waals surface area contributed by atoms with Crippen molar-refractivity contribution >= 4 is 35.0 Å². The number of carboxylic acids is 2. The molecule has 1 unspecified atom stereocenters. The Labute approximate surface area is 255 Å². The molecular formula is C32H30F3N5O5. The number of anilines is 1. The van der Waals surface area contributed by atoms with Crippen molar-refractivity contribution in [2.45, 2.75) is 38.9 Å². The Bertz CT molecular complexity index is 1770. The molecule has 5 rings (SSSR count). The van der Waals surface area contributed by atoms with E-state index < -0.39 is 29.8 Å². The van der Waals surface area contributed by atoms with Crippen LogP contribution in [0, 0.1) is 13.8 Å². The molecule has 10 nitrogen and oxygen atoms in total. The number of nitrogens with zero attached hydrogens (tertiary/aromatic N) is 3. The number of aliphatic imine (C=N–C) groups is 1. The third-order valence-electron chi connectivity index (χ3n) is 6.96. The Balaban J connectivity index is 0.000000591. The molecule has 13 heteroatoms. The van der Waals surface area contributed by atoms with Crippen LogP contribution >= 0.6 is 0 Å². The molecule has 0 aliphatic carbocycles. The van der Waals surface area contributed by atoms with Gasteiger partial charge >= 0.3 is 17.8 Å². The average Bonchev–Trinajstić information content (AvgIpc) is 3.43. The molecule has 0 saturated carbocycles. The predicted molar refractivity (Wildman–Crippen MR) is 159 cm³/mol. The number of para-hydroxylation sites is 2. The van der Waals surface area contributed by atoms with Crippen molar-refractivity contribution in [1.29, 1.82) is 0 Å². The summed E-state index contributed by atoms with van der Waals surface area (Å²) in [5, 5.41) is 23.6. The molecule has 0 fully saturated rings. The summed E-state index contributed by atoms with van der Waals surface area (Å²) in [6.07, 6.45) is -2.95. The van der Waals surface area contributed by atoms with Gasteiger partial charge in [-0.25, -0.2) is 4.79 Å². The first-order valence-electron chi connectivity index (χ1n) is 13.8. The maximum atomic E-state index is 12.9. The first-order chi connectivity index (χ1) is 21.3. The smallest absolute Gasteiger partial charge is 0.430 e. The van der Waals surface area contributed by atoms with E-state index in [0.717, 1.165) is 51.4 Å². The summed E-state index contributed by atoms with van der Waals surface area (Å²) < 4.78 is 33.0. The number of carbonyl (C=O) groups excluding carboxylic acids is 1. The van der Waals surface area contributed by atoms with Gasteiger partial charge in [0.05, 0.1) is 18.0 Å². The first-order valence-corrected chi connectivity index (χ1v) is 13.8. The van der Waals surface area contributed by atoms with Crippen LogP contribution in [0.2, 0.25) is 0 Å². The van der Waals surface area contributed by atoms with Gasteiger partial charge in [-0.2, -0.15) is 23.1 Å². The lowest BCUT2D eigenvalue weighted by molar-refractivity contribution is -0.437. The number of hydrogen-bond donors (Lipinski definition) is 3. The van der Waals surface area contributed by atoms with Crippen LogP contribution in [0.5, 0.6) is 0 Å². The van der Waals surface area contributed by atoms with Gasteiger partial charge in [0.1, 0.15) is 17.5 Å². The van der Waals surface area contributed by atoms with Gasteiger partial charge in [-0.15, -0.1) is 0 Å². The molecule has 0 spiro atoms. The van der Waals surface area contributed by atoms with Crippen LogP contribution in [-0.4, -0.2) is 45.2 Å². The van der Waals surface area contributed by atoms with E-state index in [2.05, 4.69) is 45.9 Å². The minimum absolute atomic E-state index is 0.205. The van der Waals surface area contributed by atoms with Crippen molar-refractivity contribution in [3.05, 3.63) is 117 Å². The SMILES string of the molecule is Cc1ccc(C(CC(=O)O)n2cc(C)c(NCCc3ccc(C4=Nc5ccccc5[NH2+]4)cc3)nc2=O)cc1.O=C([O-])C(F)(F)F. The summed E-state index contributed by atoms with van der Waals surface area (Å²) in [7, 11) is 0. The average molecular weight is 622 g/mol. The zero-order valence-corrected chi connectivity index (χ0v) is 24.3. The third kappa shape index (κ3) is 8.63. The lowest BCUT2D eigenvalue weighted by Gasteiger charge is -2.20. The van der Waals surface area contributed by atoms with E-state index in [1.807, 2.05) is 56.3 Å². The maximum absolute atomic E-state index is 12.9. The van der Waals surface area contributed by atoms with Crippen LogP contribution in [-0.2, 0) is 16.0 Å². The van der Waals surface area contributed by atoms with Gasteiger partial charge in [0.25, 0.3) is 0 Å². The molecule has 1 atom stereocenters. The van der Waals surface area contributed by atoms with E-state index in [0.29, 0.717) is 12.4 Å². The van der Waals surface area contributed by atoms with Crippen LogP contribution in [0.4, 0.5) is 30.4 Å². The summed E-state index contributed by atoms with van der Waals surface area (Å²) in [5.74, 6) is -2.51. The minimum Gasteiger partial charge on any atom is -0.542 e. The number of halogens is 3. The second kappa shape index (κ2) is 14.0. The second-order valence-corrected chi connectivity index (χ2v) is 10.3. The van der Waals surface area contributed by atoms with Crippen LogP contribution in [0.1, 0.15) is 40.3 Å². The summed E-state index contributed by atoms with van der Waals surface area (Å²) in [6.45, 7) is 4.43. The third-order valence-corrected chi connectivity index (χ3v) is 6.96. The fourth-order valence-corrected chi connectivity index (χ4v) is 4.64. The fourth-order valence-electron chi connectivity index (χ4n) is 4.64. The lowest BCUT2D eigenvalue weighted by atomic mass is 10.0. The maximum Gasteiger partial charge on any atom is 0.430 e. The number of fused-ring (bicyclic) bond motifs is 1. The van der Waals surface area contributed by atoms with E-state index in [1.54, 1.807) is 6.20 Å². The summed E-state index contributed by atoms with van der Waals surface area (Å²) in [4.78, 5) is 42.2. The predicted octanol–water partition coefficient (Wildman–Crippen LogP) is 3.16. The van der Waals surface area contributed by atoms with Crippen LogP contribution < -0.4 is 21.4 Å². The number of hydrogen-bond acceptors (Lipinski definition) is 7. The highest BCUT2D eigenvalue weighted by Crippen LogP contribution is 2.25. The van der Waals surface area contributed by atoms with Crippen LogP contribution in [0.3, 0.4) is 0 Å². The highest BCUT2D eigenvalue weighted by atomic mass is 19.4. The number of aromatic nitrogens is 2. The number of nitrogens with two attached hydrogens (primary N) is 1. The topological polar surface area (TPSA) is 153 Å². The zero-order valence-electron chi connectivity index (χ0n) is 24.3. The number of carboxylic acid groups (broad SMARTS) is 2. The van der Waals surface area contributed by atoms with Gasteiger partial charge in [0, 0.05) is 24.4 Å². The number of amidine groups is 1. The van der Waals surface area contributed by atoms with E-state index in [9.17, 15) is 27.9 Å². The van der Waals surface area contributed by atoms with Crippen LogP contribution in [0.15, 0.2) is 88.8 Å². The summed E-state index contributed by atoms with van der Waals surface area (Å²) in [6, 6.07) is 23.3. The molecule has 1 aliphatic heterocycles. The molecule has 4 aromatic rings. The molecule has 0 bridgehead atoms. The lowest BCUT2D eigenvalue weighted by Crippen LogP contribution is -2.80. The van der Waals surface area contributed by atoms with Gasteiger partial charge in [0.15, 0.2) is 5.69 Å². The number of aryl methyl sites for hydroxylation is 2. The molecule has 0 saturated heterocycles. The van der Waals surface area contributed by atoms with Crippen molar-refractivity contribution in [3.63, 3.8) is 0 Å². The van der Waals surface area contributed by atoms with E-state index in [-0.39, 0.29) is 6.42 Å². The normalized spacial score (nSPS) is 12.8. The van der Waals surface area contributed by atoms with Crippen molar-refractivity contribution in [3.8, 4) is 0 Å².